The first kappa shape index (κ1) is 28.3. The fourth-order valence-electron chi connectivity index (χ4n) is 10.0. The van der Waals surface area contributed by atoms with Crippen LogP contribution in [-0.2, 0) is 0 Å². The van der Waals surface area contributed by atoms with Crippen LogP contribution in [0.4, 0.5) is 4.39 Å². The second kappa shape index (κ2) is 11.4. The summed E-state index contributed by atoms with van der Waals surface area (Å²) in [6, 6.07) is 2.15. The molecule has 2 bridgehead atoms. The number of aliphatic hydroxyl groups is 1. The minimum atomic E-state index is -0.517. The first-order chi connectivity index (χ1) is 18.2. The Morgan fingerprint density at radius 2 is 1.58 bits per heavy atom. The van der Waals surface area contributed by atoms with Crippen molar-refractivity contribution in [2.75, 3.05) is 0 Å². The molecule has 3 aliphatic carbocycles. The number of rotatable bonds is 4. The van der Waals surface area contributed by atoms with Crippen molar-refractivity contribution in [2.45, 2.75) is 138 Å². The molecule has 214 valence electrons. The van der Waals surface area contributed by atoms with Crippen LogP contribution in [0.15, 0.2) is 23.0 Å². The molecular formula is C31H46Cl3FN2O. The number of fused-ring (bicyclic) bond motifs is 3. The van der Waals surface area contributed by atoms with Crippen LogP contribution in [0, 0.1) is 29.6 Å². The highest BCUT2D eigenvalue weighted by molar-refractivity contribution is 6.32. The minimum absolute atomic E-state index is 0.0485. The van der Waals surface area contributed by atoms with Crippen LogP contribution in [0.2, 0.25) is 0 Å². The highest BCUT2D eigenvalue weighted by Gasteiger charge is 2.54. The monoisotopic (exact) mass is 586 g/mol. The van der Waals surface area contributed by atoms with Gasteiger partial charge in [-0.3, -0.25) is 9.80 Å². The molecule has 0 amide bonds. The summed E-state index contributed by atoms with van der Waals surface area (Å²) in [6.45, 7) is 4.71. The SMILES string of the molecule is CC(C)N1C2CCC1CC(C1CC(C3CC=C(F)CC3Cl)C3CCC(O)N(C4C(Cl)=CCCC4Cl)C3C1)C2. The Hall–Kier alpha value is 0.160. The quantitative estimate of drug-likeness (QED) is 0.340. The van der Waals surface area contributed by atoms with Gasteiger partial charge in [-0.15, -0.1) is 23.2 Å². The lowest BCUT2D eigenvalue weighted by atomic mass is 9.58. The van der Waals surface area contributed by atoms with E-state index in [-0.39, 0.29) is 28.7 Å². The Bertz CT molecular complexity index is 915. The number of halogens is 4. The highest BCUT2D eigenvalue weighted by Crippen LogP contribution is 2.55. The summed E-state index contributed by atoms with van der Waals surface area (Å²) in [6.07, 6.45) is 15.6. The predicted molar refractivity (Wildman–Crippen MR) is 155 cm³/mol. The van der Waals surface area contributed by atoms with Gasteiger partial charge in [-0.1, -0.05) is 23.8 Å². The third kappa shape index (κ3) is 5.15. The summed E-state index contributed by atoms with van der Waals surface area (Å²) in [5.74, 6) is 2.44. The molecule has 0 aromatic heterocycles. The fourth-order valence-corrected chi connectivity index (χ4v) is 11.3. The van der Waals surface area contributed by atoms with Gasteiger partial charge in [0.1, 0.15) is 6.23 Å². The van der Waals surface area contributed by atoms with Gasteiger partial charge in [0, 0.05) is 41.0 Å². The van der Waals surface area contributed by atoms with Crippen molar-refractivity contribution < 1.29 is 9.50 Å². The smallest absolute Gasteiger partial charge is 0.108 e. The summed E-state index contributed by atoms with van der Waals surface area (Å²) in [7, 11) is 0. The number of piperidine rings is 2. The molecular weight excluding hydrogens is 542 g/mol. The van der Waals surface area contributed by atoms with Crippen molar-refractivity contribution in [1.29, 1.82) is 0 Å². The molecule has 3 heterocycles. The Kier molecular flexibility index (Phi) is 8.52. The number of nitrogens with zero attached hydrogens (tertiary/aromatic N) is 2. The lowest BCUT2D eigenvalue weighted by Crippen LogP contribution is -2.63. The average Bonchev–Trinajstić information content (AvgIpc) is 3.14. The van der Waals surface area contributed by atoms with Crippen LogP contribution in [-0.4, -0.2) is 62.1 Å². The molecule has 38 heavy (non-hydrogen) atoms. The van der Waals surface area contributed by atoms with Crippen LogP contribution in [0.5, 0.6) is 0 Å². The molecule has 1 saturated carbocycles. The van der Waals surface area contributed by atoms with Gasteiger partial charge in [0.25, 0.3) is 0 Å². The van der Waals surface area contributed by atoms with Crippen molar-refractivity contribution in [3.05, 3.63) is 23.0 Å². The number of alkyl halides is 2. The van der Waals surface area contributed by atoms with Crippen LogP contribution >= 0.6 is 34.8 Å². The first-order valence-corrected chi connectivity index (χ1v) is 16.7. The molecule has 1 N–H and O–H groups in total. The molecule has 0 aromatic rings. The molecule has 0 spiro atoms. The number of hydrogen-bond donors (Lipinski definition) is 1. The molecule has 0 radical (unpaired) electrons. The molecule has 7 heteroatoms. The summed E-state index contributed by atoms with van der Waals surface area (Å²) in [4.78, 5) is 5.13. The standard InChI is InChI=1S/C31H46Cl3FN2O/c1-17(2)36-21-7-8-22(36)13-18(12-21)19-14-25(23-9-6-20(35)16-28(23)34)24-10-11-30(38)37(29(24)15-19)31-26(32)4-3-5-27(31)33/h4,6,17-19,21-25,27-31,38H,3,5,7-16H2,1-2H3. The number of allylic oxidation sites excluding steroid dienone is 3. The van der Waals surface area contributed by atoms with E-state index in [1.54, 1.807) is 6.08 Å². The van der Waals surface area contributed by atoms with Crippen LogP contribution < -0.4 is 0 Å². The van der Waals surface area contributed by atoms with Crippen molar-refractivity contribution in [3.8, 4) is 0 Å². The average molecular weight is 588 g/mol. The predicted octanol–water partition coefficient (Wildman–Crippen LogP) is 7.83. The van der Waals surface area contributed by atoms with Crippen LogP contribution in [0.1, 0.15) is 90.9 Å². The topological polar surface area (TPSA) is 26.7 Å². The lowest BCUT2D eigenvalue weighted by Gasteiger charge is -2.58. The Balaban J connectivity index is 1.32. The summed E-state index contributed by atoms with van der Waals surface area (Å²) in [5, 5.41) is 12.0. The Morgan fingerprint density at radius 1 is 0.868 bits per heavy atom. The number of aliphatic hydroxyl groups excluding tert-OH is 1. The van der Waals surface area contributed by atoms with Gasteiger partial charge in [-0.05, 0) is 114 Å². The van der Waals surface area contributed by atoms with Gasteiger partial charge in [-0.25, -0.2) is 4.39 Å². The number of hydrogen-bond acceptors (Lipinski definition) is 3. The van der Waals surface area contributed by atoms with E-state index >= 15 is 0 Å². The van der Waals surface area contributed by atoms with Crippen molar-refractivity contribution in [3.63, 3.8) is 0 Å². The molecule has 3 aliphatic heterocycles. The third-order valence-corrected chi connectivity index (χ3v) is 12.8. The van der Waals surface area contributed by atoms with Crippen molar-refractivity contribution in [2.24, 2.45) is 29.6 Å². The van der Waals surface area contributed by atoms with Gasteiger partial charge < -0.3 is 5.11 Å². The van der Waals surface area contributed by atoms with Gasteiger partial charge in [-0.2, -0.15) is 0 Å². The van der Waals surface area contributed by atoms with E-state index in [2.05, 4.69) is 29.7 Å². The van der Waals surface area contributed by atoms with E-state index in [4.69, 9.17) is 34.8 Å². The lowest BCUT2D eigenvalue weighted by molar-refractivity contribution is -0.138. The zero-order chi connectivity index (χ0) is 26.7. The van der Waals surface area contributed by atoms with Gasteiger partial charge >= 0.3 is 0 Å². The van der Waals surface area contributed by atoms with Crippen LogP contribution in [0.25, 0.3) is 0 Å². The summed E-state index contributed by atoms with van der Waals surface area (Å²) in [5.41, 5.74) is 0. The Labute approximate surface area is 244 Å². The molecule has 3 nitrogen and oxygen atoms in total. The third-order valence-electron chi connectivity index (χ3n) is 11.5. The second-order valence-electron chi connectivity index (χ2n) is 13.7. The van der Waals surface area contributed by atoms with Gasteiger partial charge in [0.05, 0.1) is 17.2 Å². The summed E-state index contributed by atoms with van der Waals surface area (Å²) >= 11 is 20.8. The molecule has 4 fully saturated rings. The zero-order valence-electron chi connectivity index (χ0n) is 23.0. The zero-order valence-corrected chi connectivity index (χ0v) is 25.3. The fraction of sp³-hybridized carbons (Fsp3) is 0.871. The molecule has 6 rings (SSSR count). The van der Waals surface area contributed by atoms with Crippen molar-refractivity contribution >= 4 is 34.8 Å². The van der Waals surface area contributed by atoms with E-state index < -0.39 is 6.23 Å². The largest absolute Gasteiger partial charge is 0.378 e. The van der Waals surface area contributed by atoms with E-state index in [9.17, 15) is 9.50 Å². The normalized spacial score (nSPS) is 48.5. The van der Waals surface area contributed by atoms with E-state index in [1.807, 2.05) is 0 Å². The molecule has 11 unspecified atom stereocenters. The molecule has 3 saturated heterocycles. The number of likely N-dealkylation sites (tertiary alicyclic amines) is 1. The maximum Gasteiger partial charge on any atom is 0.108 e. The van der Waals surface area contributed by atoms with Crippen LogP contribution in [0.3, 0.4) is 0 Å². The second-order valence-corrected chi connectivity index (χ2v) is 15.2. The van der Waals surface area contributed by atoms with Crippen molar-refractivity contribution in [1.82, 2.24) is 9.80 Å². The maximum atomic E-state index is 14.2. The molecule has 11 atom stereocenters. The molecule has 0 aromatic carbocycles. The Morgan fingerprint density at radius 3 is 2.24 bits per heavy atom. The highest BCUT2D eigenvalue weighted by atomic mass is 35.5. The van der Waals surface area contributed by atoms with E-state index in [1.165, 1.54) is 32.1 Å². The van der Waals surface area contributed by atoms with Gasteiger partial charge in [0.2, 0.25) is 0 Å². The minimum Gasteiger partial charge on any atom is -0.378 e. The van der Waals surface area contributed by atoms with E-state index in [0.29, 0.717) is 54.1 Å². The van der Waals surface area contributed by atoms with Gasteiger partial charge in [0.15, 0.2) is 0 Å². The maximum absolute atomic E-state index is 14.2. The molecule has 6 aliphatic rings. The summed E-state index contributed by atoms with van der Waals surface area (Å²) < 4.78 is 14.2. The first-order valence-electron chi connectivity index (χ1n) is 15.4. The van der Waals surface area contributed by atoms with E-state index in [0.717, 1.165) is 43.6 Å².